The van der Waals surface area contributed by atoms with Gasteiger partial charge in [-0.3, -0.25) is 9.51 Å². The summed E-state index contributed by atoms with van der Waals surface area (Å²) in [4.78, 5) is 13.8. The first-order chi connectivity index (χ1) is 13.6. The lowest BCUT2D eigenvalue weighted by Crippen LogP contribution is -2.34. The van der Waals surface area contributed by atoms with Crippen LogP contribution in [0.3, 0.4) is 0 Å². The van der Waals surface area contributed by atoms with Gasteiger partial charge >= 0.3 is 5.76 Å². The molecule has 0 radical (unpaired) electrons. The van der Waals surface area contributed by atoms with Crippen LogP contribution in [0.2, 0.25) is 5.02 Å². The minimum Gasteiger partial charge on any atom is -0.485 e. The molecule has 3 aromatic rings. The topological polar surface area (TPSA) is 89.4 Å². The predicted molar refractivity (Wildman–Crippen MR) is 99.9 cm³/mol. The second-order valence-corrected chi connectivity index (χ2v) is 6.67. The van der Waals surface area contributed by atoms with E-state index in [4.69, 9.17) is 21.1 Å². The molecule has 2 heterocycles. The molecular formula is C19H17ClFN3O4. The van der Waals surface area contributed by atoms with E-state index in [1.807, 2.05) is 0 Å². The van der Waals surface area contributed by atoms with Crippen LogP contribution < -0.4 is 15.8 Å². The number of halogens is 2. The molecule has 4 rings (SSSR count). The summed E-state index contributed by atoms with van der Waals surface area (Å²) in [5, 5.41) is 7.02. The van der Waals surface area contributed by atoms with Gasteiger partial charge in [0.15, 0.2) is 5.82 Å². The Bertz CT molecular complexity index is 1020. The molecule has 146 valence electrons. The van der Waals surface area contributed by atoms with Crippen molar-refractivity contribution in [2.24, 2.45) is 0 Å². The normalized spacial score (nSPS) is 19.9. The Balaban J connectivity index is 1.66. The Morgan fingerprint density at radius 2 is 2.11 bits per heavy atom. The average Bonchev–Trinajstić information content (AvgIpc) is 2.99. The number of para-hydroxylation sites is 1. The molecule has 7 nitrogen and oxygen atoms in total. The fourth-order valence-electron chi connectivity index (χ4n) is 3.09. The molecule has 0 bridgehead atoms. The molecule has 0 amide bonds. The maximum Gasteiger partial charge on any atom is 0.439 e. The number of H-pyrrole nitrogens is 1. The van der Waals surface area contributed by atoms with Gasteiger partial charge in [-0.25, -0.2) is 9.18 Å². The molecule has 2 aromatic carbocycles. The van der Waals surface area contributed by atoms with E-state index in [1.165, 1.54) is 12.1 Å². The molecule has 1 aliphatic rings. The molecule has 0 aliphatic carbocycles. The highest BCUT2D eigenvalue weighted by molar-refractivity contribution is 6.30. The molecule has 0 saturated carbocycles. The predicted octanol–water partition coefficient (Wildman–Crippen LogP) is 2.93. The van der Waals surface area contributed by atoms with Gasteiger partial charge in [-0.15, -0.1) is 0 Å². The molecule has 0 spiro atoms. The summed E-state index contributed by atoms with van der Waals surface area (Å²) in [5.74, 6) is -0.418. The number of ether oxygens (including phenoxy) is 2. The Kier molecular flexibility index (Phi) is 5.43. The molecule has 0 unspecified atom stereocenters. The molecule has 9 heteroatoms. The smallest absolute Gasteiger partial charge is 0.439 e. The molecule has 1 aromatic heterocycles. The second kappa shape index (κ2) is 8.14. The van der Waals surface area contributed by atoms with Gasteiger partial charge in [0.05, 0.1) is 17.2 Å². The van der Waals surface area contributed by atoms with Gasteiger partial charge in [0, 0.05) is 13.1 Å². The number of aromatic amines is 1. The number of rotatable bonds is 4. The number of benzene rings is 2. The minimum atomic E-state index is -0.654. The summed E-state index contributed by atoms with van der Waals surface area (Å²) in [6, 6.07) is 11.7. The lowest BCUT2D eigenvalue weighted by atomic mass is 10.0. The van der Waals surface area contributed by atoms with Gasteiger partial charge in [-0.1, -0.05) is 35.0 Å². The van der Waals surface area contributed by atoms with Crippen molar-refractivity contribution in [3.8, 4) is 17.1 Å². The lowest BCUT2D eigenvalue weighted by molar-refractivity contribution is -0.00834. The van der Waals surface area contributed by atoms with E-state index in [1.54, 1.807) is 30.3 Å². The monoisotopic (exact) mass is 405 g/mol. The van der Waals surface area contributed by atoms with Crippen LogP contribution in [0.25, 0.3) is 11.4 Å². The van der Waals surface area contributed by atoms with Crippen molar-refractivity contribution in [3.05, 3.63) is 69.4 Å². The van der Waals surface area contributed by atoms with Gasteiger partial charge in [0.2, 0.25) is 0 Å². The largest absolute Gasteiger partial charge is 0.485 e. The van der Waals surface area contributed by atoms with Crippen molar-refractivity contribution in [3.63, 3.8) is 0 Å². The van der Waals surface area contributed by atoms with Crippen LogP contribution in [-0.2, 0) is 4.74 Å². The van der Waals surface area contributed by atoms with Crippen molar-refractivity contribution in [2.45, 2.75) is 12.2 Å². The van der Waals surface area contributed by atoms with Gasteiger partial charge in [-0.05, 0) is 29.8 Å². The first-order valence-corrected chi connectivity index (χ1v) is 9.09. The molecule has 1 saturated heterocycles. The van der Waals surface area contributed by atoms with Crippen LogP contribution in [0.5, 0.6) is 5.75 Å². The van der Waals surface area contributed by atoms with E-state index < -0.39 is 23.8 Å². The van der Waals surface area contributed by atoms with Gasteiger partial charge in [0.25, 0.3) is 0 Å². The summed E-state index contributed by atoms with van der Waals surface area (Å²) in [6.07, 6.45) is -0.964. The van der Waals surface area contributed by atoms with Gasteiger partial charge in [-0.2, -0.15) is 0 Å². The highest BCUT2D eigenvalue weighted by Crippen LogP contribution is 2.32. The van der Waals surface area contributed by atoms with E-state index in [0.29, 0.717) is 36.6 Å². The number of hydrogen-bond donors (Lipinski definition) is 2. The van der Waals surface area contributed by atoms with Crippen LogP contribution in [-0.4, -0.2) is 35.9 Å². The van der Waals surface area contributed by atoms with Crippen molar-refractivity contribution < 1.29 is 18.4 Å². The summed E-state index contributed by atoms with van der Waals surface area (Å²) in [6.45, 7) is 1.58. The quantitative estimate of drug-likeness (QED) is 0.693. The van der Waals surface area contributed by atoms with Crippen molar-refractivity contribution >= 4 is 11.6 Å². The molecule has 2 atom stereocenters. The van der Waals surface area contributed by atoms with E-state index in [0.717, 1.165) is 0 Å². The van der Waals surface area contributed by atoms with Crippen molar-refractivity contribution in [1.82, 2.24) is 15.5 Å². The van der Waals surface area contributed by atoms with Crippen LogP contribution >= 0.6 is 11.6 Å². The molecule has 28 heavy (non-hydrogen) atoms. The first kappa shape index (κ1) is 18.7. The first-order valence-electron chi connectivity index (χ1n) is 8.71. The summed E-state index contributed by atoms with van der Waals surface area (Å²) in [7, 11) is 0. The van der Waals surface area contributed by atoms with Crippen molar-refractivity contribution in [1.29, 1.82) is 0 Å². The van der Waals surface area contributed by atoms with Crippen molar-refractivity contribution in [2.75, 3.05) is 19.7 Å². The van der Waals surface area contributed by atoms with E-state index in [9.17, 15) is 9.18 Å². The zero-order valence-electron chi connectivity index (χ0n) is 14.7. The van der Waals surface area contributed by atoms with Crippen LogP contribution in [0.4, 0.5) is 4.39 Å². The van der Waals surface area contributed by atoms with Crippen LogP contribution in [0.15, 0.2) is 51.8 Å². The zero-order chi connectivity index (χ0) is 19.5. The Morgan fingerprint density at radius 1 is 1.25 bits per heavy atom. The van der Waals surface area contributed by atoms with E-state index in [-0.39, 0.29) is 10.8 Å². The average molecular weight is 406 g/mol. The van der Waals surface area contributed by atoms with E-state index in [2.05, 4.69) is 20.0 Å². The summed E-state index contributed by atoms with van der Waals surface area (Å²) >= 11 is 5.80. The number of hydrogen-bond acceptors (Lipinski definition) is 6. The maximum atomic E-state index is 14.0. The number of nitrogens with zero attached hydrogens (tertiary/aromatic N) is 1. The number of aromatic nitrogens is 2. The van der Waals surface area contributed by atoms with Gasteiger partial charge in [0.1, 0.15) is 23.8 Å². The zero-order valence-corrected chi connectivity index (χ0v) is 15.4. The maximum absolute atomic E-state index is 14.0. The third-order valence-corrected chi connectivity index (χ3v) is 4.70. The molecular weight excluding hydrogens is 389 g/mol. The second-order valence-electron chi connectivity index (χ2n) is 6.27. The lowest BCUT2D eigenvalue weighted by Gasteiger charge is -2.27. The molecule has 2 N–H and O–H groups in total. The SMILES string of the molecule is O=c1[nH]c(-c2ccccc2O[C@@H]2CNCCO[C@H]2c2ccc(Cl)c(F)c2)no1. The van der Waals surface area contributed by atoms with Gasteiger partial charge < -0.3 is 14.8 Å². The third-order valence-electron chi connectivity index (χ3n) is 4.39. The summed E-state index contributed by atoms with van der Waals surface area (Å²) in [5.41, 5.74) is 1.20. The Labute approximate surface area is 164 Å². The minimum absolute atomic E-state index is 0.0493. The highest BCUT2D eigenvalue weighted by Gasteiger charge is 2.29. The number of nitrogens with one attached hydrogen (secondary N) is 2. The standard InChI is InChI=1S/C19H17ClFN3O4/c20-13-6-5-11(9-14(13)21)17-16(10-22-7-8-26-17)27-15-4-2-1-3-12(15)18-23-19(25)28-24-18/h1-6,9,16-17,22H,7-8,10H2,(H,23,24,25)/t16-,17+/m1/s1. The van der Waals surface area contributed by atoms with E-state index >= 15 is 0 Å². The molecule has 1 aliphatic heterocycles. The highest BCUT2D eigenvalue weighted by atomic mass is 35.5. The van der Waals surface area contributed by atoms with Crippen LogP contribution in [0, 0.1) is 5.82 Å². The fourth-order valence-corrected chi connectivity index (χ4v) is 3.21. The summed E-state index contributed by atoms with van der Waals surface area (Å²) < 4.78 is 30.7. The third kappa shape index (κ3) is 3.94. The van der Waals surface area contributed by atoms with Crippen LogP contribution in [0.1, 0.15) is 11.7 Å². The Hall–Kier alpha value is -2.68. The fraction of sp³-hybridized carbons (Fsp3) is 0.263. The Morgan fingerprint density at radius 3 is 2.89 bits per heavy atom. The molecule has 1 fully saturated rings.